The van der Waals surface area contributed by atoms with Crippen LogP contribution in [-0.2, 0) is 11.0 Å². The largest absolute Gasteiger partial charge is 0.416 e. The van der Waals surface area contributed by atoms with Gasteiger partial charge < -0.3 is 5.32 Å². The van der Waals surface area contributed by atoms with Crippen molar-refractivity contribution in [2.75, 3.05) is 5.32 Å². The van der Waals surface area contributed by atoms with Gasteiger partial charge in [-0.15, -0.1) is 0 Å². The van der Waals surface area contributed by atoms with Crippen LogP contribution < -0.4 is 5.32 Å². The monoisotopic (exact) mass is 281 g/mol. The molecule has 6 heteroatoms. The van der Waals surface area contributed by atoms with Crippen molar-refractivity contribution in [1.29, 1.82) is 0 Å². The van der Waals surface area contributed by atoms with E-state index in [2.05, 4.69) is 21.2 Å². The summed E-state index contributed by atoms with van der Waals surface area (Å²) < 4.78 is 37.3. The molecule has 0 saturated carbocycles. The Bertz CT molecular complexity index is 389. The van der Waals surface area contributed by atoms with Crippen LogP contribution in [0.25, 0.3) is 0 Å². The highest BCUT2D eigenvalue weighted by atomic mass is 79.9. The third kappa shape index (κ3) is 3.23. The van der Waals surface area contributed by atoms with E-state index in [1.165, 1.54) is 13.0 Å². The summed E-state index contributed by atoms with van der Waals surface area (Å²) >= 11 is 3.04. The molecule has 82 valence electrons. The van der Waals surface area contributed by atoms with Crippen molar-refractivity contribution in [3.8, 4) is 0 Å². The highest BCUT2D eigenvalue weighted by Gasteiger charge is 2.30. The zero-order valence-electron chi connectivity index (χ0n) is 7.65. The van der Waals surface area contributed by atoms with Crippen molar-refractivity contribution in [2.45, 2.75) is 13.1 Å². The fourth-order valence-electron chi connectivity index (χ4n) is 0.987. The maximum Gasteiger partial charge on any atom is 0.416 e. The van der Waals surface area contributed by atoms with E-state index in [1.54, 1.807) is 0 Å². The van der Waals surface area contributed by atoms with Gasteiger partial charge in [0.1, 0.15) is 0 Å². The molecule has 0 fully saturated rings. The number of anilines is 1. The molecule has 0 aromatic heterocycles. The van der Waals surface area contributed by atoms with Gasteiger partial charge in [-0.3, -0.25) is 4.79 Å². The van der Waals surface area contributed by atoms with Gasteiger partial charge in [-0.25, -0.2) is 0 Å². The van der Waals surface area contributed by atoms with Gasteiger partial charge in [0.2, 0.25) is 5.91 Å². The average molecular weight is 282 g/mol. The molecule has 0 atom stereocenters. The third-order valence-corrected chi connectivity index (χ3v) is 2.30. The first kappa shape index (κ1) is 12.0. The summed E-state index contributed by atoms with van der Waals surface area (Å²) in [5.41, 5.74) is -0.688. The Labute approximate surface area is 92.6 Å². The summed E-state index contributed by atoms with van der Waals surface area (Å²) in [6.07, 6.45) is -4.41. The molecule has 1 amide bonds. The minimum absolute atomic E-state index is 0.109. The number of rotatable bonds is 1. The van der Waals surface area contributed by atoms with E-state index in [0.29, 0.717) is 4.47 Å². The summed E-state index contributed by atoms with van der Waals surface area (Å²) in [6.45, 7) is 1.23. The molecule has 0 aliphatic carbocycles. The summed E-state index contributed by atoms with van der Waals surface area (Å²) in [6, 6.07) is 3.06. The molecule has 0 spiro atoms. The van der Waals surface area contributed by atoms with Crippen LogP contribution in [0.15, 0.2) is 22.7 Å². The highest BCUT2D eigenvalue weighted by molar-refractivity contribution is 9.10. The first-order chi connectivity index (χ1) is 6.80. The molecule has 1 aromatic rings. The van der Waals surface area contributed by atoms with Crippen LogP contribution in [0.5, 0.6) is 0 Å². The average Bonchev–Trinajstić information content (AvgIpc) is 2.06. The highest BCUT2D eigenvalue weighted by Crippen LogP contribution is 2.33. The second-order valence-electron chi connectivity index (χ2n) is 2.87. The zero-order chi connectivity index (χ0) is 11.6. The smallest absolute Gasteiger partial charge is 0.325 e. The number of hydrogen-bond acceptors (Lipinski definition) is 1. The molecule has 0 unspecified atom stereocenters. The van der Waals surface area contributed by atoms with Gasteiger partial charge in [-0.1, -0.05) is 0 Å². The lowest BCUT2D eigenvalue weighted by atomic mass is 10.2. The quantitative estimate of drug-likeness (QED) is 0.840. The van der Waals surface area contributed by atoms with Crippen molar-refractivity contribution in [1.82, 2.24) is 0 Å². The van der Waals surface area contributed by atoms with Crippen LogP contribution >= 0.6 is 15.9 Å². The number of carbonyl (C=O) groups is 1. The maximum absolute atomic E-state index is 12.3. The lowest BCUT2D eigenvalue weighted by molar-refractivity contribution is -0.137. The fourth-order valence-corrected chi connectivity index (χ4v) is 1.33. The van der Waals surface area contributed by atoms with E-state index in [0.717, 1.165) is 12.1 Å². The molecule has 2 nitrogen and oxygen atoms in total. The lowest BCUT2D eigenvalue weighted by Gasteiger charge is -2.10. The number of hydrogen-bond donors (Lipinski definition) is 1. The minimum Gasteiger partial charge on any atom is -0.325 e. The predicted octanol–water partition coefficient (Wildman–Crippen LogP) is 3.43. The second kappa shape index (κ2) is 4.22. The lowest BCUT2D eigenvalue weighted by Crippen LogP contribution is -2.09. The molecule has 0 aliphatic heterocycles. The maximum atomic E-state index is 12.3. The van der Waals surface area contributed by atoms with Crippen molar-refractivity contribution in [2.24, 2.45) is 0 Å². The topological polar surface area (TPSA) is 29.1 Å². The summed E-state index contributed by atoms with van der Waals surface area (Å²) in [5.74, 6) is -0.421. The van der Waals surface area contributed by atoms with Crippen LogP contribution in [0.4, 0.5) is 18.9 Å². The Kier molecular flexibility index (Phi) is 3.38. The van der Waals surface area contributed by atoms with Crippen LogP contribution in [0, 0.1) is 0 Å². The van der Waals surface area contributed by atoms with E-state index < -0.39 is 17.6 Å². The number of amides is 1. The number of halogens is 4. The van der Waals surface area contributed by atoms with Crippen molar-refractivity contribution < 1.29 is 18.0 Å². The number of alkyl halides is 3. The van der Waals surface area contributed by atoms with Crippen LogP contribution in [0.2, 0.25) is 0 Å². The normalized spacial score (nSPS) is 11.3. The summed E-state index contributed by atoms with van der Waals surface area (Å²) in [5, 5.41) is 2.30. The fraction of sp³-hybridized carbons (Fsp3) is 0.222. The standard InChI is InChI=1S/C9H7BrF3NO/c1-5(15)14-8-4-6(9(11,12)13)2-3-7(8)10/h2-4H,1H3,(H,14,15). The van der Waals surface area contributed by atoms with Crippen molar-refractivity contribution in [3.63, 3.8) is 0 Å². The van der Waals surface area contributed by atoms with Gasteiger partial charge in [0.15, 0.2) is 0 Å². The molecule has 0 aliphatic rings. The molecular weight excluding hydrogens is 275 g/mol. The van der Waals surface area contributed by atoms with Crippen molar-refractivity contribution in [3.05, 3.63) is 28.2 Å². The molecule has 0 heterocycles. The van der Waals surface area contributed by atoms with Gasteiger partial charge in [-0.05, 0) is 34.1 Å². The predicted molar refractivity (Wildman–Crippen MR) is 53.4 cm³/mol. The Hall–Kier alpha value is -1.04. The molecule has 1 rings (SSSR count). The molecule has 1 N–H and O–H groups in total. The first-order valence-electron chi connectivity index (χ1n) is 3.95. The molecular formula is C9H7BrF3NO. The molecule has 0 saturated heterocycles. The van der Waals surface area contributed by atoms with Gasteiger partial charge in [-0.2, -0.15) is 13.2 Å². The number of nitrogens with one attached hydrogen (secondary N) is 1. The van der Waals surface area contributed by atoms with E-state index in [9.17, 15) is 18.0 Å². The SMILES string of the molecule is CC(=O)Nc1cc(C(F)(F)F)ccc1Br. The van der Waals surface area contributed by atoms with Gasteiger partial charge in [0, 0.05) is 11.4 Å². The van der Waals surface area contributed by atoms with E-state index in [4.69, 9.17) is 0 Å². The van der Waals surface area contributed by atoms with E-state index in [-0.39, 0.29) is 5.69 Å². The molecule has 0 bridgehead atoms. The summed E-state index contributed by atoms with van der Waals surface area (Å²) in [7, 11) is 0. The van der Waals surface area contributed by atoms with Crippen LogP contribution in [0.1, 0.15) is 12.5 Å². The van der Waals surface area contributed by atoms with Crippen molar-refractivity contribution >= 4 is 27.5 Å². The Morgan fingerprint density at radius 2 is 2.00 bits per heavy atom. The first-order valence-corrected chi connectivity index (χ1v) is 4.74. The zero-order valence-corrected chi connectivity index (χ0v) is 9.24. The number of carbonyl (C=O) groups excluding carboxylic acids is 1. The molecule has 15 heavy (non-hydrogen) atoms. The minimum atomic E-state index is -4.41. The molecule has 0 radical (unpaired) electrons. The van der Waals surface area contributed by atoms with Gasteiger partial charge in [0.05, 0.1) is 11.3 Å². The van der Waals surface area contributed by atoms with Crippen LogP contribution in [-0.4, -0.2) is 5.91 Å². The van der Waals surface area contributed by atoms with E-state index >= 15 is 0 Å². The number of benzene rings is 1. The van der Waals surface area contributed by atoms with Crippen LogP contribution in [0.3, 0.4) is 0 Å². The summed E-state index contributed by atoms with van der Waals surface area (Å²) in [4.78, 5) is 10.7. The van der Waals surface area contributed by atoms with E-state index in [1.807, 2.05) is 0 Å². The Balaban J connectivity index is 3.11. The molecule has 1 aromatic carbocycles. The second-order valence-corrected chi connectivity index (χ2v) is 3.73. The van der Waals surface area contributed by atoms with Gasteiger partial charge in [0.25, 0.3) is 0 Å². The Morgan fingerprint density at radius 1 is 1.40 bits per heavy atom. The van der Waals surface area contributed by atoms with Gasteiger partial charge >= 0.3 is 6.18 Å². The Morgan fingerprint density at radius 3 is 2.47 bits per heavy atom. The third-order valence-electron chi connectivity index (χ3n) is 1.60.